The summed E-state index contributed by atoms with van der Waals surface area (Å²) in [5.41, 5.74) is 3.20. The van der Waals surface area contributed by atoms with Gasteiger partial charge < -0.3 is 24.8 Å². The molecule has 208 valence electrons. The smallest absolute Gasteiger partial charge is 0.270 e. The number of hydrogen-bond acceptors (Lipinski definition) is 7. The summed E-state index contributed by atoms with van der Waals surface area (Å²) in [4.78, 5) is 30.2. The molecule has 1 aromatic heterocycles. The van der Waals surface area contributed by atoms with E-state index in [1.165, 1.54) is 11.3 Å². The van der Waals surface area contributed by atoms with Gasteiger partial charge in [-0.25, -0.2) is 4.98 Å². The minimum absolute atomic E-state index is 0.0447. The van der Waals surface area contributed by atoms with Crippen LogP contribution in [0.1, 0.15) is 82.4 Å². The second-order valence-corrected chi connectivity index (χ2v) is 11.2. The molecule has 0 unspecified atom stereocenters. The van der Waals surface area contributed by atoms with Crippen LogP contribution in [0, 0.1) is 6.92 Å². The molecule has 0 radical (unpaired) electrons. The lowest BCUT2D eigenvalue weighted by Gasteiger charge is -2.29. The molecule has 4 rings (SSSR count). The van der Waals surface area contributed by atoms with Crippen LogP contribution in [0.15, 0.2) is 41.8 Å². The average molecular weight is 552 g/mol. The number of nitrogens with one attached hydrogen (secondary N) is 2. The van der Waals surface area contributed by atoms with Gasteiger partial charge in [0.2, 0.25) is 0 Å². The monoisotopic (exact) mass is 551 g/mol. The highest BCUT2D eigenvalue weighted by atomic mass is 32.1. The third-order valence-corrected chi connectivity index (χ3v) is 7.76. The molecule has 2 N–H and O–H groups in total. The molecule has 1 saturated carbocycles. The maximum atomic E-state index is 12.9. The van der Waals surface area contributed by atoms with E-state index >= 15 is 0 Å². The summed E-state index contributed by atoms with van der Waals surface area (Å²) >= 11 is 1.43. The number of thiazole rings is 1. The summed E-state index contributed by atoms with van der Waals surface area (Å²) in [6, 6.07) is 11.5. The van der Waals surface area contributed by atoms with Crippen molar-refractivity contribution < 1.29 is 23.8 Å². The van der Waals surface area contributed by atoms with Gasteiger partial charge in [-0.05, 0) is 67.9 Å². The van der Waals surface area contributed by atoms with Gasteiger partial charge in [-0.15, -0.1) is 11.3 Å². The molecule has 39 heavy (non-hydrogen) atoms. The Hall–Kier alpha value is -3.59. The van der Waals surface area contributed by atoms with Gasteiger partial charge in [-0.2, -0.15) is 0 Å². The molecule has 8 nitrogen and oxygen atoms in total. The maximum Gasteiger partial charge on any atom is 0.270 e. The number of carbonyl (C=O) groups excluding carboxylic acids is 2. The van der Waals surface area contributed by atoms with E-state index < -0.39 is 0 Å². The minimum Gasteiger partial charge on any atom is -0.497 e. The molecule has 3 aromatic rings. The number of carbonyl (C=O) groups is 2. The first kappa shape index (κ1) is 28.4. The number of aromatic nitrogens is 1. The van der Waals surface area contributed by atoms with Crippen molar-refractivity contribution in [3.05, 3.63) is 69.2 Å². The van der Waals surface area contributed by atoms with Crippen LogP contribution in [0.2, 0.25) is 0 Å². The van der Waals surface area contributed by atoms with Gasteiger partial charge in [-0.1, -0.05) is 26.0 Å². The van der Waals surface area contributed by atoms with E-state index in [1.807, 2.05) is 13.0 Å². The highest BCUT2D eigenvalue weighted by Crippen LogP contribution is 2.29. The summed E-state index contributed by atoms with van der Waals surface area (Å²) in [6.07, 6.45) is 3.12. The number of ether oxygens (including phenoxy) is 3. The molecule has 1 fully saturated rings. The van der Waals surface area contributed by atoms with Crippen molar-refractivity contribution in [3.63, 3.8) is 0 Å². The fourth-order valence-corrected chi connectivity index (χ4v) is 5.40. The standard InChI is InChI=1S/C30H37N3O5S/c1-18(2)25-11-6-19(3)12-27(25)38-16-28-33-26(17-39-28)30(35)32-22-9-7-21(8-10-22)31-29(34)20-13-23(36-4)15-24(14-20)37-5/h6,11-15,17-18,21-22H,7-10,16H2,1-5H3,(H,31,34)(H,32,35). The van der Waals surface area contributed by atoms with E-state index in [0.29, 0.717) is 35.3 Å². The van der Waals surface area contributed by atoms with E-state index in [1.54, 1.807) is 37.8 Å². The van der Waals surface area contributed by atoms with Crippen LogP contribution in [0.4, 0.5) is 0 Å². The first-order chi connectivity index (χ1) is 18.7. The van der Waals surface area contributed by atoms with Crippen LogP contribution in [0.25, 0.3) is 0 Å². The normalized spacial score (nSPS) is 17.0. The van der Waals surface area contributed by atoms with Crippen molar-refractivity contribution in [3.8, 4) is 17.2 Å². The Morgan fingerprint density at radius 3 is 2.15 bits per heavy atom. The van der Waals surface area contributed by atoms with Crippen LogP contribution in [-0.4, -0.2) is 43.1 Å². The molecule has 2 amide bonds. The van der Waals surface area contributed by atoms with E-state index in [0.717, 1.165) is 47.6 Å². The molecule has 0 bridgehead atoms. The summed E-state index contributed by atoms with van der Waals surface area (Å²) in [5, 5.41) is 8.75. The average Bonchev–Trinajstić information content (AvgIpc) is 3.42. The first-order valence-corrected chi connectivity index (χ1v) is 14.2. The minimum atomic E-state index is -0.174. The van der Waals surface area contributed by atoms with E-state index in [2.05, 4.69) is 41.6 Å². The largest absolute Gasteiger partial charge is 0.497 e. The Bertz CT molecular complexity index is 1280. The predicted molar refractivity (Wildman–Crippen MR) is 152 cm³/mol. The zero-order valence-corrected chi connectivity index (χ0v) is 24.0. The second kappa shape index (κ2) is 13.0. The summed E-state index contributed by atoms with van der Waals surface area (Å²) in [6.45, 7) is 6.65. The van der Waals surface area contributed by atoms with Gasteiger partial charge in [0, 0.05) is 29.1 Å². The van der Waals surface area contributed by atoms with Gasteiger partial charge in [0.15, 0.2) is 0 Å². The number of aryl methyl sites for hydroxylation is 1. The van der Waals surface area contributed by atoms with Crippen molar-refractivity contribution in [2.45, 2.75) is 71.1 Å². The zero-order valence-electron chi connectivity index (χ0n) is 23.2. The van der Waals surface area contributed by atoms with Crippen molar-refractivity contribution in [2.24, 2.45) is 0 Å². The van der Waals surface area contributed by atoms with Gasteiger partial charge in [0.05, 0.1) is 14.2 Å². The number of methoxy groups -OCH3 is 2. The van der Waals surface area contributed by atoms with Gasteiger partial charge in [-0.3, -0.25) is 9.59 Å². The number of benzene rings is 2. The molecule has 0 saturated heterocycles. The van der Waals surface area contributed by atoms with Crippen LogP contribution in [-0.2, 0) is 6.61 Å². The molecular weight excluding hydrogens is 514 g/mol. The van der Waals surface area contributed by atoms with E-state index in [4.69, 9.17) is 14.2 Å². The fraction of sp³-hybridized carbons (Fsp3) is 0.433. The Kier molecular flexibility index (Phi) is 9.45. The number of rotatable bonds is 10. The number of hydrogen-bond donors (Lipinski definition) is 2. The first-order valence-electron chi connectivity index (χ1n) is 13.3. The van der Waals surface area contributed by atoms with Crippen molar-refractivity contribution in [1.82, 2.24) is 15.6 Å². The molecule has 9 heteroatoms. The lowest BCUT2D eigenvalue weighted by Crippen LogP contribution is -2.43. The van der Waals surface area contributed by atoms with Gasteiger partial charge >= 0.3 is 0 Å². The van der Waals surface area contributed by atoms with Crippen molar-refractivity contribution in [2.75, 3.05) is 14.2 Å². The fourth-order valence-electron chi connectivity index (χ4n) is 4.71. The topological polar surface area (TPSA) is 98.8 Å². The molecule has 0 aliphatic heterocycles. The highest BCUT2D eigenvalue weighted by Gasteiger charge is 2.25. The Labute approximate surface area is 234 Å². The van der Waals surface area contributed by atoms with E-state index in [-0.39, 0.29) is 23.9 Å². The molecule has 0 atom stereocenters. The predicted octanol–water partition coefficient (Wildman–Crippen LogP) is 5.64. The SMILES string of the molecule is COc1cc(OC)cc(C(=O)NC2CCC(NC(=O)c3csc(COc4cc(C)ccc4C(C)C)n3)CC2)c1. The maximum absolute atomic E-state index is 12.9. The lowest BCUT2D eigenvalue weighted by atomic mass is 9.91. The Morgan fingerprint density at radius 1 is 0.949 bits per heavy atom. The Morgan fingerprint density at radius 2 is 1.56 bits per heavy atom. The third kappa shape index (κ3) is 7.50. The van der Waals surface area contributed by atoms with E-state index in [9.17, 15) is 9.59 Å². The molecular formula is C30H37N3O5S. The lowest BCUT2D eigenvalue weighted by molar-refractivity contribution is 0.0889. The zero-order chi connectivity index (χ0) is 27.9. The molecule has 1 aliphatic carbocycles. The number of amides is 2. The Balaban J connectivity index is 1.25. The van der Waals surface area contributed by atoms with Crippen LogP contribution in [0.5, 0.6) is 17.2 Å². The van der Waals surface area contributed by atoms with Gasteiger partial charge in [0.25, 0.3) is 11.8 Å². The summed E-state index contributed by atoms with van der Waals surface area (Å²) in [5.74, 6) is 2.01. The third-order valence-electron chi connectivity index (χ3n) is 6.94. The summed E-state index contributed by atoms with van der Waals surface area (Å²) in [7, 11) is 3.11. The van der Waals surface area contributed by atoms with Crippen molar-refractivity contribution in [1.29, 1.82) is 0 Å². The van der Waals surface area contributed by atoms with Crippen LogP contribution >= 0.6 is 11.3 Å². The molecule has 1 aliphatic rings. The molecule has 1 heterocycles. The molecule has 2 aromatic carbocycles. The van der Waals surface area contributed by atoms with Crippen LogP contribution < -0.4 is 24.8 Å². The number of nitrogens with zero attached hydrogens (tertiary/aromatic N) is 1. The van der Waals surface area contributed by atoms with Crippen LogP contribution in [0.3, 0.4) is 0 Å². The second-order valence-electron chi connectivity index (χ2n) is 10.2. The van der Waals surface area contributed by atoms with Crippen molar-refractivity contribution >= 4 is 23.2 Å². The quantitative estimate of drug-likeness (QED) is 0.338. The molecule has 0 spiro atoms. The summed E-state index contributed by atoms with van der Waals surface area (Å²) < 4.78 is 16.6. The highest BCUT2D eigenvalue weighted by molar-refractivity contribution is 7.09. The van der Waals surface area contributed by atoms with Gasteiger partial charge in [0.1, 0.15) is 34.6 Å².